The van der Waals surface area contributed by atoms with Gasteiger partial charge in [0.05, 0.1) is 4.90 Å². The molecule has 53 valence electrons. The number of halogens is 3. The van der Waals surface area contributed by atoms with E-state index >= 15 is 0 Å². The average Bonchev–Trinajstić information content (AvgIpc) is 1.93. The second-order valence-corrected chi connectivity index (χ2v) is 2.06. The highest BCUT2D eigenvalue weighted by atomic mass is 32.1. The van der Waals surface area contributed by atoms with Crippen LogP contribution in [-0.2, 0) is 0 Å². The maximum Gasteiger partial charge on any atom is 0.195 e. The van der Waals surface area contributed by atoms with Crippen LogP contribution in [0.3, 0.4) is 0 Å². The Kier molecular flexibility index (Phi) is 1.89. The molecule has 0 spiro atoms. The Morgan fingerprint density at radius 1 is 1.20 bits per heavy atom. The Morgan fingerprint density at radius 2 is 1.80 bits per heavy atom. The van der Waals surface area contributed by atoms with Gasteiger partial charge in [-0.2, -0.15) is 0 Å². The van der Waals surface area contributed by atoms with Gasteiger partial charge in [0, 0.05) is 6.07 Å². The maximum atomic E-state index is 12.3. The van der Waals surface area contributed by atoms with Gasteiger partial charge in [-0.3, -0.25) is 0 Å². The number of thiol groups is 1. The first kappa shape index (κ1) is 7.47. The highest BCUT2D eigenvalue weighted by Gasteiger charge is 2.10. The maximum absolute atomic E-state index is 12.3. The minimum Gasteiger partial charge on any atom is -0.204 e. The molecule has 0 saturated carbocycles. The average molecular weight is 163 g/mol. The van der Waals surface area contributed by atoms with Crippen LogP contribution in [0, 0.1) is 23.5 Å². The summed E-state index contributed by atoms with van der Waals surface area (Å²) in [5.74, 6) is -4.07. The van der Waals surface area contributed by atoms with E-state index < -0.39 is 17.5 Å². The molecule has 0 fully saturated rings. The van der Waals surface area contributed by atoms with Crippen molar-refractivity contribution >= 4 is 12.6 Å². The Labute approximate surface area is 61.1 Å². The number of benzene rings is 1. The number of rotatable bonds is 0. The van der Waals surface area contributed by atoms with Gasteiger partial charge < -0.3 is 0 Å². The summed E-state index contributed by atoms with van der Waals surface area (Å²) < 4.78 is 36.5. The topological polar surface area (TPSA) is 0 Å². The molecule has 1 rings (SSSR count). The van der Waals surface area contributed by atoms with E-state index in [4.69, 9.17) is 0 Å². The van der Waals surface area contributed by atoms with Crippen LogP contribution < -0.4 is 0 Å². The van der Waals surface area contributed by atoms with Crippen LogP contribution in [0.4, 0.5) is 13.2 Å². The van der Waals surface area contributed by atoms with Gasteiger partial charge in [0.1, 0.15) is 0 Å². The minimum atomic E-state index is -1.51. The van der Waals surface area contributed by atoms with Gasteiger partial charge in [0.25, 0.3) is 0 Å². The van der Waals surface area contributed by atoms with E-state index in [1.165, 1.54) is 0 Å². The van der Waals surface area contributed by atoms with Crippen molar-refractivity contribution in [2.24, 2.45) is 0 Å². The number of hydrogen-bond donors (Lipinski definition) is 1. The molecule has 0 nitrogen and oxygen atoms in total. The van der Waals surface area contributed by atoms with E-state index in [0.29, 0.717) is 6.07 Å². The summed E-state index contributed by atoms with van der Waals surface area (Å²) in [7, 11) is 0. The van der Waals surface area contributed by atoms with E-state index in [9.17, 15) is 13.2 Å². The van der Waals surface area contributed by atoms with Crippen molar-refractivity contribution in [3.63, 3.8) is 0 Å². The molecule has 0 atom stereocenters. The molecule has 0 N–H and O–H groups in total. The van der Waals surface area contributed by atoms with Crippen LogP contribution in [-0.4, -0.2) is 0 Å². The van der Waals surface area contributed by atoms with Gasteiger partial charge in [-0.25, -0.2) is 13.2 Å². The van der Waals surface area contributed by atoms with Crippen molar-refractivity contribution in [1.29, 1.82) is 0 Å². The SMILES string of the molecule is Fc1c[c]c(S)c(F)c1F. The normalized spacial score (nSPS) is 10.0. The van der Waals surface area contributed by atoms with E-state index in [1.54, 1.807) is 0 Å². The molecule has 4 heteroatoms. The highest BCUT2D eigenvalue weighted by molar-refractivity contribution is 7.80. The van der Waals surface area contributed by atoms with Crippen molar-refractivity contribution in [3.8, 4) is 0 Å². The molecule has 0 unspecified atom stereocenters. The van der Waals surface area contributed by atoms with Gasteiger partial charge >= 0.3 is 0 Å². The van der Waals surface area contributed by atoms with Crippen molar-refractivity contribution in [1.82, 2.24) is 0 Å². The standard InChI is InChI=1S/C6H2F3S/c7-3-1-2-4(10)6(9)5(3)8/h1,10H. The Balaban J connectivity index is 3.34. The van der Waals surface area contributed by atoms with Gasteiger partial charge in [0.2, 0.25) is 0 Å². The molecule has 0 heterocycles. The summed E-state index contributed by atoms with van der Waals surface area (Å²) in [5.41, 5.74) is 0. The monoisotopic (exact) mass is 163 g/mol. The molecule has 0 aliphatic heterocycles. The molecular formula is C6H2F3S. The second-order valence-electron chi connectivity index (χ2n) is 1.61. The zero-order chi connectivity index (χ0) is 7.72. The molecule has 0 amide bonds. The first-order valence-corrected chi connectivity index (χ1v) is 2.82. The molecule has 0 aliphatic carbocycles. The number of hydrogen-bond acceptors (Lipinski definition) is 1. The summed E-state index contributed by atoms with van der Waals surface area (Å²) in [6.07, 6.45) is 0. The molecule has 1 aromatic carbocycles. The van der Waals surface area contributed by atoms with Crippen molar-refractivity contribution in [2.75, 3.05) is 0 Å². The van der Waals surface area contributed by atoms with Crippen molar-refractivity contribution < 1.29 is 13.2 Å². The summed E-state index contributed by atoms with van der Waals surface area (Å²) >= 11 is 3.48. The first-order chi connectivity index (χ1) is 4.63. The van der Waals surface area contributed by atoms with Crippen LogP contribution in [0.15, 0.2) is 11.0 Å². The first-order valence-electron chi connectivity index (χ1n) is 2.37. The summed E-state index contributed by atoms with van der Waals surface area (Å²) in [5, 5.41) is 0. The molecule has 0 bridgehead atoms. The molecule has 0 aromatic heterocycles. The minimum absolute atomic E-state index is 0.320. The lowest BCUT2D eigenvalue weighted by atomic mass is 10.3. The molecule has 10 heavy (non-hydrogen) atoms. The zero-order valence-corrected chi connectivity index (χ0v) is 5.55. The Morgan fingerprint density at radius 3 is 2.30 bits per heavy atom. The fourth-order valence-corrected chi connectivity index (χ4v) is 0.630. The lowest BCUT2D eigenvalue weighted by molar-refractivity contribution is 0.435. The van der Waals surface area contributed by atoms with E-state index in [1.807, 2.05) is 0 Å². The van der Waals surface area contributed by atoms with Crippen LogP contribution in [0.5, 0.6) is 0 Å². The predicted octanol–water partition coefficient (Wildman–Crippen LogP) is 2.19. The molecule has 1 radical (unpaired) electrons. The summed E-state index contributed by atoms with van der Waals surface area (Å²) in [4.78, 5) is -0.320. The smallest absolute Gasteiger partial charge is 0.195 e. The third kappa shape index (κ3) is 1.11. The van der Waals surface area contributed by atoms with E-state index in [-0.39, 0.29) is 4.90 Å². The fraction of sp³-hybridized carbons (Fsp3) is 0. The van der Waals surface area contributed by atoms with Crippen LogP contribution in [0.25, 0.3) is 0 Å². The Bertz CT molecular complexity index is 232. The fourth-order valence-electron chi connectivity index (χ4n) is 0.467. The molecule has 0 aliphatic rings. The van der Waals surface area contributed by atoms with E-state index in [2.05, 4.69) is 18.7 Å². The predicted molar refractivity (Wildman–Crippen MR) is 32.4 cm³/mol. The van der Waals surface area contributed by atoms with Gasteiger partial charge in [0.15, 0.2) is 17.5 Å². The van der Waals surface area contributed by atoms with Gasteiger partial charge in [-0.05, 0) is 6.07 Å². The van der Waals surface area contributed by atoms with Crippen LogP contribution in [0.2, 0.25) is 0 Å². The van der Waals surface area contributed by atoms with Crippen molar-refractivity contribution in [3.05, 3.63) is 29.6 Å². The lowest BCUT2D eigenvalue weighted by Gasteiger charge is -1.95. The third-order valence-corrected chi connectivity index (χ3v) is 1.27. The third-order valence-electron chi connectivity index (χ3n) is 0.946. The van der Waals surface area contributed by atoms with Gasteiger partial charge in [-0.15, -0.1) is 12.6 Å². The lowest BCUT2D eigenvalue weighted by Crippen LogP contribution is -1.90. The highest BCUT2D eigenvalue weighted by Crippen LogP contribution is 2.16. The van der Waals surface area contributed by atoms with Gasteiger partial charge in [-0.1, -0.05) is 0 Å². The summed E-state index contributed by atoms with van der Waals surface area (Å²) in [6, 6.07) is 2.78. The van der Waals surface area contributed by atoms with Crippen LogP contribution >= 0.6 is 12.6 Å². The quantitative estimate of drug-likeness (QED) is 0.440. The zero-order valence-electron chi connectivity index (χ0n) is 4.66. The second kappa shape index (κ2) is 2.54. The van der Waals surface area contributed by atoms with Crippen molar-refractivity contribution in [2.45, 2.75) is 4.90 Å². The molecular weight excluding hydrogens is 161 g/mol. The molecule has 1 aromatic rings. The van der Waals surface area contributed by atoms with E-state index in [0.717, 1.165) is 0 Å². The Hall–Kier alpha value is -0.640. The summed E-state index contributed by atoms with van der Waals surface area (Å²) in [6.45, 7) is 0. The van der Waals surface area contributed by atoms with Crippen LogP contribution in [0.1, 0.15) is 0 Å². The molecule has 0 saturated heterocycles. The largest absolute Gasteiger partial charge is 0.204 e.